The Morgan fingerprint density at radius 1 is 0.480 bits per heavy atom. The molecule has 0 aliphatic rings. The third-order valence-electron chi connectivity index (χ3n) is 2.52. The molecule has 1 radical (unpaired) electrons. The molecule has 147 valence electrons. The molecule has 0 atom stereocenters. The SMILES string of the molecule is CCC(=O)CC(C)=O.CCC(=O)CC(C)=O.CCC(=O)CC(C)=O.[Rh]. The van der Waals surface area contributed by atoms with Gasteiger partial charge in [0.2, 0.25) is 0 Å². The first-order chi connectivity index (χ1) is 11.0. The number of carbonyl (C=O) groups excluding carboxylic acids is 6. The summed E-state index contributed by atoms with van der Waals surface area (Å²) >= 11 is 0. The first-order valence-corrected chi connectivity index (χ1v) is 8.03. The van der Waals surface area contributed by atoms with E-state index >= 15 is 0 Å². The normalized spacial score (nSPS) is 8.40. The molecule has 0 spiro atoms. The quantitative estimate of drug-likeness (QED) is 0.400. The fourth-order valence-corrected chi connectivity index (χ4v) is 1.21. The first kappa shape index (κ1) is 31.4. The number of hydrogen-bond donors (Lipinski definition) is 0. The molecule has 0 aliphatic carbocycles. The average molecular weight is 445 g/mol. The van der Waals surface area contributed by atoms with Crippen LogP contribution >= 0.6 is 0 Å². The molecule has 0 saturated carbocycles. The molecule has 0 aromatic heterocycles. The maximum absolute atomic E-state index is 10.4. The maximum atomic E-state index is 10.4. The topological polar surface area (TPSA) is 102 Å². The third kappa shape index (κ3) is 34.8. The van der Waals surface area contributed by atoms with Gasteiger partial charge in [-0.1, -0.05) is 20.8 Å². The van der Waals surface area contributed by atoms with Gasteiger partial charge in [0.05, 0.1) is 19.3 Å². The fourth-order valence-electron chi connectivity index (χ4n) is 1.21. The van der Waals surface area contributed by atoms with Crippen molar-refractivity contribution < 1.29 is 48.2 Å². The van der Waals surface area contributed by atoms with E-state index < -0.39 is 0 Å². The van der Waals surface area contributed by atoms with E-state index in [2.05, 4.69) is 0 Å². The first-order valence-electron chi connectivity index (χ1n) is 8.03. The standard InChI is InChI=1S/3C6H10O2.Rh/c3*1-3-6(8)4-5(2)7;/h3*3-4H2,1-2H3;. The van der Waals surface area contributed by atoms with E-state index in [1.165, 1.54) is 20.8 Å². The molecule has 6 nitrogen and oxygen atoms in total. The molecule has 25 heavy (non-hydrogen) atoms. The van der Waals surface area contributed by atoms with Gasteiger partial charge in [0, 0.05) is 38.7 Å². The molecule has 7 heteroatoms. The number of carbonyl (C=O) groups is 6. The molecule has 0 saturated heterocycles. The Morgan fingerprint density at radius 3 is 0.680 bits per heavy atom. The minimum absolute atomic E-state index is 0. The van der Waals surface area contributed by atoms with Crippen molar-refractivity contribution in [2.45, 2.75) is 80.1 Å². The van der Waals surface area contributed by atoms with Crippen molar-refractivity contribution in [1.82, 2.24) is 0 Å². The van der Waals surface area contributed by atoms with Crippen molar-refractivity contribution in [2.75, 3.05) is 0 Å². The van der Waals surface area contributed by atoms with Crippen molar-refractivity contribution in [3.05, 3.63) is 0 Å². The van der Waals surface area contributed by atoms with Gasteiger partial charge < -0.3 is 0 Å². The van der Waals surface area contributed by atoms with E-state index in [4.69, 9.17) is 0 Å². The van der Waals surface area contributed by atoms with Gasteiger partial charge in [0.25, 0.3) is 0 Å². The second-order valence-corrected chi connectivity index (χ2v) is 5.31. The van der Waals surface area contributed by atoms with Gasteiger partial charge in [0.15, 0.2) is 0 Å². The predicted molar refractivity (Wildman–Crippen MR) is 91.8 cm³/mol. The van der Waals surface area contributed by atoms with Crippen LogP contribution in [0.1, 0.15) is 80.1 Å². The minimum atomic E-state index is -0.0446. The summed E-state index contributed by atoms with van der Waals surface area (Å²) in [6, 6.07) is 0. The van der Waals surface area contributed by atoms with E-state index in [1.54, 1.807) is 20.8 Å². The van der Waals surface area contributed by atoms with Crippen molar-refractivity contribution in [1.29, 1.82) is 0 Å². The summed E-state index contributed by atoms with van der Waals surface area (Å²) < 4.78 is 0. The second kappa shape index (κ2) is 20.7. The third-order valence-corrected chi connectivity index (χ3v) is 2.52. The number of rotatable bonds is 9. The average Bonchev–Trinajstić information content (AvgIpc) is 2.46. The zero-order valence-corrected chi connectivity index (χ0v) is 17.7. The van der Waals surface area contributed by atoms with Gasteiger partial charge >= 0.3 is 0 Å². The molecule has 0 aliphatic heterocycles. The molecule has 0 heterocycles. The molecular weight excluding hydrogens is 415 g/mol. The van der Waals surface area contributed by atoms with Crippen LogP contribution in [0.15, 0.2) is 0 Å². The van der Waals surface area contributed by atoms with Crippen molar-refractivity contribution in [2.24, 2.45) is 0 Å². The fraction of sp³-hybridized carbons (Fsp3) is 0.667. The number of hydrogen-bond acceptors (Lipinski definition) is 6. The zero-order valence-electron chi connectivity index (χ0n) is 16.0. The summed E-state index contributed by atoms with van der Waals surface area (Å²) in [4.78, 5) is 61.8. The van der Waals surface area contributed by atoms with Crippen molar-refractivity contribution in [3.63, 3.8) is 0 Å². The van der Waals surface area contributed by atoms with Crippen LogP contribution in [0.25, 0.3) is 0 Å². The predicted octanol–water partition coefficient (Wildman–Crippen LogP) is 2.83. The summed E-state index contributed by atoms with van der Waals surface area (Å²) in [6.07, 6.45) is 1.74. The summed E-state index contributed by atoms with van der Waals surface area (Å²) in [5, 5.41) is 0. The zero-order chi connectivity index (χ0) is 19.7. The van der Waals surface area contributed by atoms with Crippen molar-refractivity contribution >= 4 is 34.7 Å². The van der Waals surface area contributed by atoms with Crippen LogP contribution in [-0.2, 0) is 48.2 Å². The minimum Gasteiger partial charge on any atom is -0.300 e. The summed E-state index contributed by atoms with van der Waals surface area (Å²) in [5.41, 5.74) is 0. The molecule has 0 fully saturated rings. The van der Waals surface area contributed by atoms with Crippen LogP contribution in [0.5, 0.6) is 0 Å². The number of Topliss-reactive ketones (excluding diaryl/α,β-unsaturated/α-hetero) is 6. The Balaban J connectivity index is -0.000000130. The summed E-state index contributed by atoms with van der Waals surface area (Å²) in [5.74, 6) is -0.0574. The Morgan fingerprint density at radius 2 is 0.640 bits per heavy atom. The van der Waals surface area contributed by atoms with Crippen LogP contribution < -0.4 is 0 Å². The Hall–Kier alpha value is -1.36. The van der Waals surface area contributed by atoms with Gasteiger partial charge in [0.1, 0.15) is 34.7 Å². The molecule has 0 unspecified atom stereocenters. The summed E-state index contributed by atoms with van der Waals surface area (Å²) in [6.45, 7) is 9.54. The Labute approximate surface area is 163 Å². The number of ketones is 6. The van der Waals surface area contributed by atoms with Crippen molar-refractivity contribution in [3.8, 4) is 0 Å². The monoisotopic (exact) mass is 445 g/mol. The molecule has 0 aromatic carbocycles. The second-order valence-electron chi connectivity index (χ2n) is 5.31. The van der Waals surface area contributed by atoms with Gasteiger partial charge in [-0.15, -0.1) is 0 Å². The molecule has 0 rings (SSSR count). The summed E-state index contributed by atoms with van der Waals surface area (Å²) in [7, 11) is 0. The van der Waals surface area contributed by atoms with Crippen LogP contribution in [0.3, 0.4) is 0 Å². The van der Waals surface area contributed by atoms with Crippen LogP contribution in [0.2, 0.25) is 0 Å². The Bertz CT molecular complexity index is 388. The molecular formula is C18H30O6Rh. The van der Waals surface area contributed by atoms with Gasteiger partial charge in [-0.25, -0.2) is 0 Å². The molecule has 0 bridgehead atoms. The molecule has 0 N–H and O–H groups in total. The van der Waals surface area contributed by atoms with Gasteiger partial charge in [-0.3, -0.25) is 28.8 Å². The van der Waals surface area contributed by atoms with Crippen LogP contribution in [0, 0.1) is 0 Å². The molecule has 0 aromatic rings. The molecule has 0 amide bonds. The van der Waals surface area contributed by atoms with Gasteiger partial charge in [-0.2, -0.15) is 0 Å². The maximum Gasteiger partial charge on any atom is 0.139 e. The van der Waals surface area contributed by atoms with Gasteiger partial charge in [-0.05, 0) is 20.8 Å². The van der Waals surface area contributed by atoms with E-state index in [9.17, 15) is 28.8 Å². The largest absolute Gasteiger partial charge is 0.300 e. The van der Waals surface area contributed by atoms with E-state index in [0.29, 0.717) is 19.3 Å². The Kier molecular flexibility index (Phi) is 26.0. The smallest absolute Gasteiger partial charge is 0.139 e. The van der Waals surface area contributed by atoms with E-state index in [0.717, 1.165) is 0 Å². The van der Waals surface area contributed by atoms with E-state index in [1.807, 2.05) is 0 Å². The van der Waals surface area contributed by atoms with Crippen LogP contribution in [-0.4, -0.2) is 34.7 Å². The van der Waals surface area contributed by atoms with Crippen LogP contribution in [0.4, 0.5) is 0 Å². The van der Waals surface area contributed by atoms with E-state index in [-0.39, 0.29) is 73.4 Å².